The Morgan fingerprint density at radius 1 is 1.08 bits per heavy atom. The highest BCUT2D eigenvalue weighted by Crippen LogP contribution is 2.39. The maximum absolute atomic E-state index is 12.9. The fourth-order valence-electron chi connectivity index (χ4n) is 2.27. The van der Waals surface area contributed by atoms with E-state index in [1.165, 1.54) is 7.11 Å². The molecule has 0 fully saturated rings. The quantitative estimate of drug-likeness (QED) is 0.221. The zero-order chi connectivity index (χ0) is 19.8. The number of esters is 1. The molecule has 0 amide bonds. The first kappa shape index (κ1) is 21.9. The van der Waals surface area contributed by atoms with E-state index in [1.807, 2.05) is 0 Å². The van der Waals surface area contributed by atoms with Gasteiger partial charge in [0.25, 0.3) is 0 Å². The van der Waals surface area contributed by atoms with Gasteiger partial charge in [0.1, 0.15) is 0 Å². The Labute approximate surface area is 147 Å². The molecule has 4 nitrogen and oxygen atoms in total. The van der Waals surface area contributed by atoms with Gasteiger partial charge in [-0.1, -0.05) is 29.4 Å². The first-order valence-electron chi connectivity index (χ1n) is 7.92. The van der Waals surface area contributed by atoms with Gasteiger partial charge >= 0.3 is 18.1 Å². The monoisotopic (exact) mass is 381 g/mol. The zero-order valence-corrected chi connectivity index (χ0v) is 14.2. The number of aryl methyl sites for hydroxylation is 1. The van der Waals surface area contributed by atoms with Crippen molar-refractivity contribution in [3.63, 3.8) is 0 Å². The minimum atomic E-state index is -5.59. The number of benzene rings is 1. The molecule has 0 radical (unpaired) electrons. The predicted molar refractivity (Wildman–Crippen MR) is 84.6 cm³/mol. The second-order valence-corrected chi connectivity index (χ2v) is 5.73. The summed E-state index contributed by atoms with van der Waals surface area (Å²) in [6.07, 6.45) is -6.19. The molecule has 0 aliphatic carbocycles. The van der Waals surface area contributed by atoms with Gasteiger partial charge in [0.05, 0.1) is 12.8 Å². The van der Waals surface area contributed by atoms with E-state index in [9.17, 15) is 26.7 Å². The summed E-state index contributed by atoms with van der Waals surface area (Å²) in [5, 5.41) is 12.0. The minimum absolute atomic E-state index is 0.0316. The molecule has 26 heavy (non-hydrogen) atoms. The fourth-order valence-corrected chi connectivity index (χ4v) is 2.27. The summed E-state index contributed by atoms with van der Waals surface area (Å²) in [6, 6.07) is 6.60. The third kappa shape index (κ3) is 6.61. The molecule has 0 saturated carbocycles. The van der Waals surface area contributed by atoms with E-state index in [1.54, 1.807) is 24.3 Å². The Hall–Kier alpha value is -2.19. The van der Waals surface area contributed by atoms with Gasteiger partial charge in [-0.3, -0.25) is 4.79 Å². The van der Waals surface area contributed by atoms with Gasteiger partial charge in [-0.25, -0.2) is 0 Å². The zero-order valence-electron chi connectivity index (χ0n) is 14.2. The molecule has 1 aromatic rings. The number of ether oxygens (including phenoxy) is 1. The van der Waals surface area contributed by atoms with E-state index < -0.39 is 24.9 Å². The van der Waals surface area contributed by atoms with Gasteiger partial charge in [-0.2, -0.15) is 22.0 Å². The summed E-state index contributed by atoms with van der Waals surface area (Å²) < 4.78 is 66.7. The lowest BCUT2D eigenvalue weighted by Gasteiger charge is -2.19. The Kier molecular flexibility index (Phi) is 7.98. The number of alkyl halides is 5. The van der Waals surface area contributed by atoms with Gasteiger partial charge in [0, 0.05) is 12.8 Å². The molecule has 0 spiro atoms. The SMILES string of the molecule is COC(=O)CCCc1ccc(/C(CCCC(F)(F)C(F)(F)F)=N\O)cc1. The van der Waals surface area contributed by atoms with Crippen LogP contribution in [0, 0.1) is 0 Å². The summed E-state index contributed by atoms with van der Waals surface area (Å²) >= 11 is 0. The fraction of sp³-hybridized carbons (Fsp3) is 0.529. The molecule has 0 aromatic heterocycles. The normalized spacial score (nSPS) is 12.9. The molecule has 0 aliphatic heterocycles. The van der Waals surface area contributed by atoms with Crippen LogP contribution in [0.1, 0.15) is 43.2 Å². The molecule has 0 aliphatic rings. The van der Waals surface area contributed by atoms with Crippen molar-refractivity contribution in [3.8, 4) is 0 Å². The number of nitrogens with zero attached hydrogens (tertiary/aromatic N) is 1. The van der Waals surface area contributed by atoms with Crippen molar-refractivity contribution < 1.29 is 36.7 Å². The van der Waals surface area contributed by atoms with Crippen LogP contribution in [-0.2, 0) is 16.0 Å². The van der Waals surface area contributed by atoms with Crippen molar-refractivity contribution in [2.24, 2.45) is 5.16 Å². The molecule has 0 bridgehead atoms. The van der Waals surface area contributed by atoms with Crippen molar-refractivity contribution in [2.75, 3.05) is 7.11 Å². The molecular weight excluding hydrogens is 361 g/mol. The van der Waals surface area contributed by atoms with Gasteiger partial charge in [0.2, 0.25) is 0 Å². The highest BCUT2D eigenvalue weighted by Gasteiger charge is 2.56. The summed E-state index contributed by atoms with van der Waals surface area (Å²) in [7, 11) is 1.30. The number of hydrogen-bond donors (Lipinski definition) is 1. The maximum atomic E-state index is 12.9. The molecule has 1 aromatic carbocycles. The second kappa shape index (κ2) is 9.49. The van der Waals surface area contributed by atoms with Crippen LogP contribution < -0.4 is 0 Å². The van der Waals surface area contributed by atoms with Crippen LogP contribution in [-0.4, -0.2) is 36.1 Å². The van der Waals surface area contributed by atoms with E-state index >= 15 is 0 Å². The first-order chi connectivity index (χ1) is 12.1. The summed E-state index contributed by atoms with van der Waals surface area (Å²) in [5.41, 5.74) is 1.36. The van der Waals surface area contributed by atoms with Crippen LogP contribution in [0.25, 0.3) is 0 Å². The smallest absolute Gasteiger partial charge is 0.453 e. The molecule has 0 saturated heterocycles. The highest BCUT2D eigenvalue weighted by molar-refractivity contribution is 6.00. The number of carbonyl (C=O) groups is 1. The lowest BCUT2D eigenvalue weighted by atomic mass is 10.00. The van der Waals surface area contributed by atoms with Crippen LogP contribution in [0.5, 0.6) is 0 Å². The predicted octanol–water partition coefficient (Wildman–Crippen LogP) is 4.73. The Morgan fingerprint density at radius 3 is 2.19 bits per heavy atom. The van der Waals surface area contributed by atoms with Gasteiger partial charge in [-0.15, -0.1) is 0 Å². The molecule has 9 heteroatoms. The van der Waals surface area contributed by atoms with E-state index in [2.05, 4.69) is 9.89 Å². The third-order valence-electron chi connectivity index (χ3n) is 3.80. The van der Waals surface area contributed by atoms with Crippen molar-refractivity contribution in [2.45, 2.75) is 50.6 Å². The minimum Gasteiger partial charge on any atom is -0.469 e. The van der Waals surface area contributed by atoms with Crippen molar-refractivity contribution in [3.05, 3.63) is 35.4 Å². The third-order valence-corrected chi connectivity index (χ3v) is 3.80. The number of rotatable bonds is 9. The van der Waals surface area contributed by atoms with Crippen molar-refractivity contribution in [1.82, 2.24) is 0 Å². The second-order valence-electron chi connectivity index (χ2n) is 5.73. The highest BCUT2D eigenvalue weighted by atomic mass is 19.4. The number of oxime groups is 1. The van der Waals surface area contributed by atoms with Crippen LogP contribution in [0.15, 0.2) is 29.4 Å². The summed E-state index contributed by atoms with van der Waals surface area (Å²) in [5.74, 6) is -5.08. The number of halogens is 5. The van der Waals surface area contributed by atoms with Gasteiger partial charge < -0.3 is 9.94 Å². The lowest BCUT2D eigenvalue weighted by molar-refractivity contribution is -0.284. The number of carbonyl (C=O) groups excluding carboxylic acids is 1. The lowest BCUT2D eigenvalue weighted by Crippen LogP contribution is -2.36. The molecule has 1 N–H and O–H groups in total. The summed E-state index contributed by atoms with van der Waals surface area (Å²) in [4.78, 5) is 11.0. The average molecular weight is 381 g/mol. The Balaban J connectivity index is 2.57. The molecule has 0 unspecified atom stereocenters. The van der Waals surface area contributed by atoms with E-state index in [-0.39, 0.29) is 24.5 Å². The molecular formula is C17H20F5NO3. The number of hydrogen-bond acceptors (Lipinski definition) is 4. The molecule has 0 heterocycles. The van der Waals surface area contributed by atoms with Crippen LogP contribution >= 0.6 is 0 Å². The molecule has 1 rings (SSSR count). The van der Waals surface area contributed by atoms with E-state index in [4.69, 9.17) is 5.21 Å². The molecule has 146 valence electrons. The average Bonchev–Trinajstić information content (AvgIpc) is 2.58. The Bertz CT molecular complexity index is 612. The van der Waals surface area contributed by atoms with Gasteiger partial charge in [-0.05, 0) is 36.8 Å². The number of methoxy groups -OCH3 is 1. The van der Waals surface area contributed by atoms with Crippen LogP contribution in [0.3, 0.4) is 0 Å². The van der Waals surface area contributed by atoms with E-state index in [0.717, 1.165) is 5.56 Å². The van der Waals surface area contributed by atoms with Crippen LogP contribution in [0.4, 0.5) is 22.0 Å². The maximum Gasteiger partial charge on any atom is 0.453 e. The standard InChI is InChI=1S/C17H20F5NO3/c1-26-15(24)6-2-4-12-7-9-13(10-8-12)14(23-25)5-3-11-16(18,19)17(20,21)22/h7-10,25H,2-6,11H2,1H3/b23-14-. The first-order valence-corrected chi connectivity index (χ1v) is 7.92. The Morgan fingerprint density at radius 2 is 1.69 bits per heavy atom. The largest absolute Gasteiger partial charge is 0.469 e. The topological polar surface area (TPSA) is 58.9 Å². The molecule has 0 atom stereocenters. The van der Waals surface area contributed by atoms with Crippen LogP contribution in [0.2, 0.25) is 0 Å². The van der Waals surface area contributed by atoms with Gasteiger partial charge in [0.15, 0.2) is 0 Å². The van der Waals surface area contributed by atoms with E-state index in [0.29, 0.717) is 18.4 Å². The summed E-state index contributed by atoms with van der Waals surface area (Å²) in [6.45, 7) is 0. The van der Waals surface area contributed by atoms with Crippen molar-refractivity contribution >= 4 is 11.7 Å². The van der Waals surface area contributed by atoms with Crippen molar-refractivity contribution in [1.29, 1.82) is 0 Å².